The van der Waals surface area contributed by atoms with E-state index in [1.54, 1.807) is 24.3 Å². The van der Waals surface area contributed by atoms with Gasteiger partial charge in [-0.3, -0.25) is 9.69 Å². The number of piperazine rings is 1. The Bertz CT molecular complexity index is 1050. The van der Waals surface area contributed by atoms with Crippen molar-refractivity contribution < 1.29 is 19.1 Å². The summed E-state index contributed by atoms with van der Waals surface area (Å²) in [4.78, 5) is 28.2. The van der Waals surface area contributed by atoms with Crippen LogP contribution in [0.5, 0.6) is 5.75 Å². The van der Waals surface area contributed by atoms with Crippen molar-refractivity contribution in [2.45, 2.75) is 19.4 Å². The molecule has 0 atom stereocenters. The van der Waals surface area contributed by atoms with Gasteiger partial charge in [-0.15, -0.1) is 0 Å². The maximum absolute atomic E-state index is 12.6. The molecule has 0 radical (unpaired) electrons. The van der Waals surface area contributed by atoms with Crippen LogP contribution < -0.4 is 15.4 Å². The molecule has 174 valence electrons. The van der Waals surface area contributed by atoms with Gasteiger partial charge in [0.2, 0.25) is 5.91 Å². The van der Waals surface area contributed by atoms with Gasteiger partial charge in [-0.2, -0.15) is 0 Å². The Balaban J connectivity index is 1.29. The van der Waals surface area contributed by atoms with Crippen molar-refractivity contribution in [1.82, 2.24) is 4.90 Å². The van der Waals surface area contributed by atoms with E-state index < -0.39 is 5.97 Å². The monoisotopic (exact) mass is 469 g/mol. The van der Waals surface area contributed by atoms with Crippen LogP contribution in [-0.2, 0) is 20.9 Å². The maximum atomic E-state index is 12.6. The molecule has 1 amide bonds. The number of ether oxygens (including phenoxy) is 2. The Hall–Kier alpha value is -3.03. The van der Waals surface area contributed by atoms with Crippen molar-refractivity contribution in [1.29, 1.82) is 0 Å². The molecule has 0 saturated carbocycles. The number of rotatable bonds is 8. The van der Waals surface area contributed by atoms with Crippen LogP contribution >= 0.6 is 11.6 Å². The zero-order valence-corrected chi connectivity index (χ0v) is 19.2. The molecule has 0 bridgehead atoms. The number of halogens is 1. The molecule has 0 aliphatic carbocycles. The minimum atomic E-state index is -0.393. The quantitative estimate of drug-likeness (QED) is 0.597. The molecule has 33 heavy (non-hydrogen) atoms. The maximum Gasteiger partial charge on any atom is 0.337 e. The van der Waals surface area contributed by atoms with E-state index in [2.05, 4.69) is 21.9 Å². The predicted molar refractivity (Wildman–Crippen MR) is 128 cm³/mol. The first-order chi connectivity index (χ1) is 16.0. The van der Waals surface area contributed by atoms with Crippen LogP contribution in [0, 0.1) is 0 Å². The number of anilines is 1. The summed E-state index contributed by atoms with van der Waals surface area (Å²) in [5, 5.41) is 0.589. The van der Waals surface area contributed by atoms with E-state index in [0.29, 0.717) is 22.8 Å². The van der Waals surface area contributed by atoms with Gasteiger partial charge in [-0.1, -0.05) is 23.7 Å². The molecule has 1 fully saturated rings. The van der Waals surface area contributed by atoms with Gasteiger partial charge in [0.05, 0.1) is 5.57 Å². The van der Waals surface area contributed by atoms with Crippen LogP contribution in [0.1, 0.15) is 24.0 Å². The van der Waals surface area contributed by atoms with Gasteiger partial charge in [-0.05, 0) is 54.9 Å². The van der Waals surface area contributed by atoms with Crippen molar-refractivity contribution in [3.05, 3.63) is 64.2 Å². The van der Waals surface area contributed by atoms with E-state index in [9.17, 15) is 9.59 Å². The molecule has 2 aliphatic rings. The van der Waals surface area contributed by atoms with Gasteiger partial charge in [-0.25, -0.2) is 4.79 Å². The van der Waals surface area contributed by atoms with E-state index in [1.807, 2.05) is 12.1 Å². The van der Waals surface area contributed by atoms with E-state index in [4.69, 9.17) is 26.8 Å². The molecule has 0 aromatic heterocycles. The highest BCUT2D eigenvalue weighted by atomic mass is 35.5. The molecule has 0 unspecified atom stereocenters. The van der Waals surface area contributed by atoms with Crippen LogP contribution in [0.3, 0.4) is 0 Å². The molecular weight excluding hydrogens is 442 g/mol. The first-order valence-corrected chi connectivity index (χ1v) is 11.5. The van der Waals surface area contributed by atoms with Gasteiger partial charge < -0.3 is 20.1 Å². The first kappa shape index (κ1) is 23.1. The molecule has 2 aromatic carbocycles. The van der Waals surface area contributed by atoms with Crippen LogP contribution in [0.15, 0.2) is 48.0 Å². The lowest BCUT2D eigenvalue weighted by molar-refractivity contribution is -0.140. The van der Waals surface area contributed by atoms with Crippen molar-refractivity contribution in [2.75, 3.05) is 44.2 Å². The molecule has 7 nitrogen and oxygen atoms in total. The summed E-state index contributed by atoms with van der Waals surface area (Å²) < 4.78 is 11.2. The number of amides is 1. The van der Waals surface area contributed by atoms with E-state index in [1.165, 1.54) is 0 Å². The molecule has 4 rings (SSSR count). The summed E-state index contributed by atoms with van der Waals surface area (Å²) in [7, 11) is 0. The number of benzene rings is 2. The average molecular weight is 470 g/mol. The highest BCUT2D eigenvalue weighted by Crippen LogP contribution is 2.29. The Morgan fingerprint density at radius 1 is 1.09 bits per heavy atom. The Morgan fingerprint density at radius 2 is 1.91 bits per heavy atom. The number of fused-ring (bicyclic) bond motifs is 1. The van der Waals surface area contributed by atoms with Crippen molar-refractivity contribution >= 4 is 35.2 Å². The Kier molecular flexibility index (Phi) is 7.52. The third-order valence-electron chi connectivity index (χ3n) is 5.86. The molecule has 2 N–H and O–H groups in total. The lowest BCUT2D eigenvalue weighted by Gasteiger charge is -2.36. The zero-order valence-electron chi connectivity index (χ0n) is 18.5. The third-order valence-corrected chi connectivity index (χ3v) is 6.10. The van der Waals surface area contributed by atoms with E-state index in [0.717, 1.165) is 56.0 Å². The van der Waals surface area contributed by atoms with Gasteiger partial charge in [0, 0.05) is 48.9 Å². The second kappa shape index (κ2) is 10.7. The summed E-state index contributed by atoms with van der Waals surface area (Å²) in [5.74, 6) is 0.0693. The molecule has 2 heterocycles. The topological polar surface area (TPSA) is 85.1 Å². The summed E-state index contributed by atoms with van der Waals surface area (Å²) in [6.07, 6.45) is 3.01. The summed E-state index contributed by atoms with van der Waals surface area (Å²) in [6, 6.07) is 13.4. The fourth-order valence-corrected chi connectivity index (χ4v) is 4.24. The van der Waals surface area contributed by atoms with Gasteiger partial charge in [0.25, 0.3) is 0 Å². The molecule has 0 spiro atoms. The van der Waals surface area contributed by atoms with E-state index in [-0.39, 0.29) is 19.1 Å². The number of hydrogen-bond donors (Lipinski definition) is 1. The van der Waals surface area contributed by atoms with Crippen molar-refractivity contribution in [3.63, 3.8) is 0 Å². The lowest BCUT2D eigenvalue weighted by atomic mass is 10.1. The Morgan fingerprint density at radius 3 is 2.70 bits per heavy atom. The average Bonchev–Trinajstić information content (AvgIpc) is 2.82. The SMILES string of the molecule is NC(=O)CCCN1CCN(c2cccc(COC(=O)C3=Cc4cc(Cl)ccc4OC3)c2)CC1. The second-order valence-corrected chi connectivity index (χ2v) is 8.72. The molecular formula is C25H28ClN3O4. The predicted octanol–water partition coefficient (Wildman–Crippen LogP) is 3.25. The Labute approximate surface area is 198 Å². The number of carbonyl (C=O) groups is 2. The van der Waals surface area contributed by atoms with Crippen LogP contribution in [-0.4, -0.2) is 56.1 Å². The smallest absolute Gasteiger partial charge is 0.337 e. The number of esters is 1. The van der Waals surface area contributed by atoms with Crippen LogP contribution in [0.25, 0.3) is 6.08 Å². The fourth-order valence-electron chi connectivity index (χ4n) is 4.06. The molecule has 1 saturated heterocycles. The highest BCUT2D eigenvalue weighted by Gasteiger charge is 2.20. The lowest BCUT2D eigenvalue weighted by Crippen LogP contribution is -2.46. The fraction of sp³-hybridized carbons (Fsp3) is 0.360. The summed E-state index contributed by atoms with van der Waals surface area (Å²) >= 11 is 6.04. The zero-order chi connectivity index (χ0) is 23.2. The van der Waals surface area contributed by atoms with Crippen molar-refractivity contribution in [2.24, 2.45) is 5.73 Å². The largest absolute Gasteiger partial charge is 0.488 e. The summed E-state index contributed by atoms with van der Waals surface area (Å²) in [5.41, 5.74) is 8.51. The number of primary amides is 1. The molecule has 2 aliphatic heterocycles. The normalized spacial score (nSPS) is 15.9. The summed E-state index contributed by atoms with van der Waals surface area (Å²) in [6.45, 7) is 4.97. The minimum Gasteiger partial charge on any atom is -0.488 e. The number of nitrogens with zero attached hydrogens (tertiary/aromatic N) is 2. The number of nitrogens with two attached hydrogens (primary N) is 1. The van der Waals surface area contributed by atoms with Gasteiger partial charge in [0.1, 0.15) is 19.0 Å². The standard InChI is InChI=1S/C25H28ClN3O4/c26-21-6-7-23-19(15-21)14-20(17-32-23)25(31)33-16-18-3-1-4-22(13-18)29-11-9-28(10-12-29)8-2-5-24(27)30/h1,3-4,6-7,13-15H,2,5,8-12,16-17H2,(H2,27,30). The first-order valence-electron chi connectivity index (χ1n) is 11.1. The molecule has 2 aromatic rings. The third kappa shape index (κ3) is 6.27. The second-order valence-electron chi connectivity index (χ2n) is 8.28. The van der Waals surface area contributed by atoms with E-state index >= 15 is 0 Å². The van der Waals surface area contributed by atoms with Gasteiger partial charge >= 0.3 is 5.97 Å². The number of hydrogen-bond acceptors (Lipinski definition) is 6. The van der Waals surface area contributed by atoms with Crippen LogP contribution in [0.4, 0.5) is 5.69 Å². The highest BCUT2D eigenvalue weighted by molar-refractivity contribution is 6.30. The van der Waals surface area contributed by atoms with Crippen molar-refractivity contribution in [3.8, 4) is 5.75 Å². The van der Waals surface area contributed by atoms with Gasteiger partial charge in [0.15, 0.2) is 0 Å². The minimum absolute atomic E-state index is 0.178. The van der Waals surface area contributed by atoms with Crippen LogP contribution in [0.2, 0.25) is 5.02 Å². The number of carbonyl (C=O) groups excluding carboxylic acids is 2. The molecule has 8 heteroatoms.